The van der Waals surface area contributed by atoms with Crippen LogP contribution >= 0.6 is 0 Å². The molecule has 1 aliphatic carbocycles. The van der Waals surface area contributed by atoms with Crippen molar-refractivity contribution in [2.75, 3.05) is 0 Å². The molecule has 1 amide bonds. The Kier molecular flexibility index (Phi) is 3.50. The molecule has 2 atom stereocenters. The van der Waals surface area contributed by atoms with Crippen molar-refractivity contribution in [3.63, 3.8) is 0 Å². The van der Waals surface area contributed by atoms with Crippen LogP contribution in [0.4, 0.5) is 4.39 Å². The van der Waals surface area contributed by atoms with Crippen molar-refractivity contribution >= 4 is 5.91 Å². The number of nitrogens with zero attached hydrogens (tertiary/aromatic N) is 1. The number of amides is 1. The summed E-state index contributed by atoms with van der Waals surface area (Å²) in [5.74, 6) is 0.388. The second-order valence-electron chi connectivity index (χ2n) is 6.28. The number of rotatable bonds is 4. The van der Waals surface area contributed by atoms with Crippen LogP contribution in [0.1, 0.15) is 44.8 Å². The van der Waals surface area contributed by atoms with Crippen LogP contribution in [0.5, 0.6) is 0 Å². The van der Waals surface area contributed by atoms with Gasteiger partial charge in [0.25, 0.3) is 0 Å². The molecule has 0 spiro atoms. The van der Waals surface area contributed by atoms with Crippen LogP contribution in [-0.2, 0) is 4.79 Å². The SMILES string of the molecule is CC(C)CC1NC(c2cccc(F)c2)N(C2CC2)C1=O. The molecule has 1 heterocycles. The summed E-state index contributed by atoms with van der Waals surface area (Å²) in [6.07, 6.45) is 2.78. The molecule has 20 heavy (non-hydrogen) atoms. The molecule has 0 bridgehead atoms. The van der Waals surface area contributed by atoms with Gasteiger partial charge >= 0.3 is 0 Å². The van der Waals surface area contributed by atoms with Crippen molar-refractivity contribution in [1.82, 2.24) is 10.2 Å². The first-order valence-electron chi connectivity index (χ1n) is 7.40. The van der Waals surface area contributed by atoms with Gasteiger partial charge in [-0.25, -0.2) is 4.39 Å². The Labute approximate surface area is 119 Å². The van der Waals surface area contributed by atoms with Gasteiger partial charge in [-0.2, -0.15) is 0 Å². The highest BCUT2D eigenvalue weighted by Crippen LogP contribution is 2.38. The van der Waals surface area contributed by atoms with Gasteiger partial charge < -0.3 is 4.90 Å². The Bertz CT molecular complexity index is 513. The van der Waals surface area contributed by atoms with Gasteiger partial charge in [0.2, 0.25) is 5.91 Å². The zero-order valence-corrected chi connectivity index (χ0v) is 12.0. The summed E-state index contributed by atoms with van der Waals surface area (Å²) >= 11 is 0. The Morgan fingerprint density at radius 3 is 2.75 bits per heavy atom. The van der Waals surface area contributed by atoms with Crippen molar-refractivity contribution < 1.29 is 9.18 Å². The van der Waals surface area contributed by atoms with Gasteiger partial charge in [0.1, 0.15) is 12.0 Å². The van der Waals surface area contributed by atoms with E-state index >= 15 is 0 Å². The second-order valence-corrected chi connectivity index (χ2v) is 6.28. The number of benzene rings is 1. The Hall–Kier alpha value is -1.42. The van der Waals surface area contributed by atoms with Gasteiger partial charge in [-0.05, 0) is 42.9 Å². The number of nitrogens with one attached hydrogen (secondary N) is 1. The fourth-order valence-electron chi connectivity index (χ4n) is 2.97. The van der Waals surface area contributed by atoms with Gasteiger partial charge in [0.15, 0.2) is 0 Å². The molecule has 2 fully saturated rings. The highest BCUT2D eigenvalue weighted by molar-refractivity contribution is 5.85. The summed E-state index contributed by atoms with van der Waals surface area (Å²) in [5, 5.41) is 3.40. The molecule has 1 saturated carbocycles. The van der Waals surface area contributed by atoms with Gasteiger partial charge in [-0.1, -0.05) is 26.0 Å². The van der Waals surface area contributed by atoms with Gasteiger partial charge in [-0.15, -0.1) is 0 Å². The van der Waals surface area contributed by atoms with Crippen LogP contribution in [-0.4, -0.2) is 22.9 Å². The Balaban J connectivity index is 1.86. The molecular formula is C16H21FN2O. The molecule has 1 aliphatic heterocycles. The highest BCUT2D eigenvalue weighted by Gasteiger charge is 2.46. The summed E-state index contributed by atoms with van der Waals surface area (Å²) in [7, 11) is 0. The van der Waals surface area contributed by atoms with Crippen molar-refractivity contribution in [2.24, 2.45) is 5.92 Å². The monoisotopic (exact) mass is 276 g/mol. The topological polar surface area (TPSA) is 32.3 Å². The van der Waals surface area contributed by atoms with Gasteiger partial charge in [0.05, 0.1) is 6.04 Å². The van der Waals surface area contributed by atoms with Crippen molar-refractivity contribution in [2.45, 2.75) is 51.4 Å². The molecule has 1 N–H and O–H groups in total. The summed E-state index contributed by atoms with van der Waals surface area (Å²) in [6, 6.07) is 6.76. The third-order valence-corrected chi connectivity index (χ3v) is 4.00. The van der Waals surface area contributed by atoms with Crippen LogP contribution in [0, 0.1) is 11.7 Å². The molecule has 1 aromatic carbocycles. The lowest BCUT2D eigenvalue weighted by Gasteiger charge is -2.24. The van der Waals surface area contributed by atoms with E-state index < -0.39 is 0 Å². The van der Waals surface area contributed by atoms with Gasteiger partial charge in [-0.3, -0.25) is 10.1 Å². The number of hydrogen-bond acceptors (Lipinski definition) is 2. The van der Waals surface area contributed by atoms with E-state index in [1.165, 1.54) is 12.1 Å². The van der Waals surface area contributed by atoms with E-state index in [0.717, 1.165) is 24.8 Å². The predicted octanol–water partition coefficient (Wildman–Crippen LogP) is 2.83. The zero-order valence-electron chi connectivity index (χ0n) is 12.0. The molecule has 4 heteroatoms. The van der Waals surface area contributed by atoms with Crippen LogP contribution in [0.2, 0.25) is 0 Å². The third kappa shape index (κ3) is 2.57. The number of halogens is 1. The first-order chi connectivity index (χ1) is 9.56. The number of hydrogen-bond donors (Lipinski definition) is 1. The van der Waals surface area contributed by atoms with E-state index in [2.05, 4.69) is 19.2 Å². The van der Waals surface area contributed by atoms with Crippen LogP contribution < -0.4 is 5.32 Å². The molecule has 1 saturated heterocycles. The normalized spacial score (nSPS) is 26.6. The molecule has 108 valence electrons. The molecule has 1 aromatic rings. The zero-order chi connectivity index (χ0) is 14.3. The summed E-state index contributed by atoms with van der Waals surface area (Å²) in [5.41, 5.74) is 0.844. The quantitative estimate of drug-likeness (QED) is 0.917. The van der Waals surface area contributed by atoms with E-state index in [9.17, 15) is 9.18 Å². The fourth-order valence-corrected chi connectivity index (χ4v) is 2.97. The van der Waals surface area contributed by atoms with E-state index in [-0.39, 0.29) is 23.9 Å². The maximum absolute atomic E-state index is 13.4. The average molecular weight is 276 g/mol. The first kappa shape index (κ1) is 13.6. The standard InChI is InChI=1S/C16H21FN2O/c1-10(2)8-14-16(20)19(13-6-7-13)15(18-14)11-4-3-5-12(17)9-11/h3-5,9-10,13-15,18H,6-8H2,1-2H3. The van der Waals surface area contributed by atoms with E-state index in [4.69, 9.17) is 0 Å². The Morgan fingerprint density at radius 2 is 2.15 bits per heavy atom. The van der Waals surface area contributed by atoms with Crippen LogP contribution in [0.25, 0.3) is 0 Å². The number of carbonyl (C=O) groups is 1. The minimum atomic E-state index is -0.250. The van der Waals surface area contributed by atoms with Crippen LogP contribution in [0.3, 0.4) is 0 Å². The molecule has 0 radical (unpaired) electrons. The maximum Gasteiger partial charge on any atom is 0.241 e. The minimum absolute atomic E-state index is 0.135. The second kappa shape index (κ2) is 5.17. The lowest BCUT2D eigenvalue weighted by molar-refractivity contribution is -0.130. The van der Waals surface area contributed by atoms with E-state index in [1.807, 2.05) is 11.0 Å². The van der Waals surface area contributed by atoms with Crippen molar-refractivity contribution in [3.05, 3.63) is 35.6 Å². The molecule has 3 rings (SSSR count). The summed E-state index contributed by atoms with van der Waals surface area (Å²) < 4.78 is 13.4. The largest absolute Gasteiger partial charge is 0.319 e. The molecule has 2 unspecified atom stereocenters. The lowest BCUT2D eigenvalue weighted by Crippen LogP contribution is -2.33. The van der Waals surface area contributed by atoms with Gasteiger partial charge in [0, 0.05) is 6.04 Å². The molecule has 2 aliphatic rings. The van der Waals surface area contributed by atoms with Crippen LogP contribution in [0.15, 0.2) is 24.3 Å². The summed E-state index contributed by atoms with van der Waals surface area (Å²) in [4.78, 5) is 14.5. The molecular weight excluding hydrogens is 255 g/mol. The first-order valence-corrected chi connectivity index (χ1v) is 7.40. The van der Waals surface area contributed by atoms with E-state index in [0.29, 0.717) is 12.0 Å². The van der Waals surface area contributed by atoms with Crippen molar-refractivity contribution in [3.8, 4) is 0 Å². The Morgan fingerprint density at radius 1 is 1.40 bits per heavy atom. The average Bonchev–Trinajstić information content (AvgIpc) is 3.16. The fraction of sp³-hybridized carbons (Fsp3) is 0.562. The molecule has 3 nitrogen and oxygen atoms in total. The predicted molar refractivity (Wildman–Crippen MR) is 75.4 cm³/mol. The smallest absolute Gasteiger partial charge is 0.241 e. The van der Waals surface area contributed by atoms with E-state index in [1.54, 1.807) is 6.07 Å². The summed E-state index contributed by atoms with van der Waals surface area (Å²) in [6.45, 7) is 4.23. The number of carbonyl (C=O) groups excluding carboxylic acids is 1. The minimum Gasteiger partial charge on any atom is -0.319 e. The lowest BCUT2D eigenvalue weighted by atomic mass is 10.0. The third-order valence-electron chi connectivity index (χ3n) is 4.00. The maximum atomic E-state index is 13.4. The highest BCUT2D eigenvalue weighted by atomic mass is 19.1. The molecule has 0 aromatic heterocycles. The van der Waals surface area contributed by atoms with Crippen molar-refractivity contribution in [1.29, 1.82) is 0 Å².